The second-order valence-corrected chi connectivity index (χ2v) is 6.53. The van der Waals surface area contributed by atoms with Gasteiger partial charge in [0.15, 0.2) is 0 Å². The van der Waals surface area contributed by atoms with Crippen molar-refractivity contribution >= 4 is 11.8 Å². The van der Waals surface area contributed by atoms with Gasteiger partial charge in [-0.05, 0) is 39.5 Å². The maximum Gasteiger partial charge on any atom is 0.225 e. The molecule has 0 bridgehead atoms. The third-order valence-corrected chi connectivity index (χ3v) is 3.56. The van der Waals surface area contributed by atoms with Gasteiger partial charge in [0.25, 0.3) is 0 Å². The Hall–Kier alpha value is -1.06. The van der Waals surface area contributed by atoms with E-state index in [4.69, 9.17) is 0 Å². The molecule has 0 saturated carbocycles. The van der Waals surface area contributed by atoms with Gasteiger partial charge >= 0.3 is 0 Å². The Bertz CT molecular complexity index is 322. The first-order chi connectivity index (χ1) is 8.23. The predicted molar refractivity (Wildman–Crippen MR) is 72.1 cm³/mol. The van der Waals surface area contributed by atoms with Gasteiger partial charge in [0.1, 0.15) is 0 Å². The highest BCUT2D eigenvalue weighted by molar-refractivity contribution is 5.82. The molecule has 0 aromatic carbocycles. The minimum atomic E-state index is -0.113. The number of carbonyl (C=O) groups is 2. The van der Waals surface area contributed by atoms with E-state index in [9.17, 15) is 9.59 Å². The number of carbonyl (C=O) groups excluding carboxylic acids is 2. The summed E-state index contributed by atoms with van der Waals surface area (Å²) < 4.78 is 0. The third kappa shape index (κ3) is 4.67. The number of hydrogen-bond acceptors (Lipinski definition) is 2. The summed E-state index contributed by atoms with van der Waals surface area (Å²) >= 11 is 0. The van der Waals surface area contributed by atoms with Crippen LogP contribution in [0.3, 0.4) is 0 Å². The molecule has 2 fully saturated rings. The van der Waals surface area contributed by atoms with E-state index in [1.54, 1.807) is 0 Å². The van der Waals surface area contributed by atoms with Crippen LogP contribution in [0.2, 0.25) is 0 Å². The quantitative estimate of drug-likeness (QED) is 0.694. The number of rotatable bonds is 0. The van der Waals surface area contributed by atoms with Gasteiger partial charge in [0.05, 0.1) is 0 Å². The molecule has 18 heavy (non-hydrogen) atoms. The van der Waals surface area contributed by atoms with Crippen molar-refractivity contribution < 1.29 is 9.59 Å². The summed E-state index contributed by atoms with van der Waals surface area (Å²) in [5.41, 5.74) is -0.0619. The summed E-state index contributed by atoms with van der Waals surface area (Å²) in [5.74, 6) is 0.403. The maximum absolute atomic E-state index is 11.0. The van der Waals surface area contributed by atoms with Crippen LogP contribution in [-0.2, 0) is 9.59 Å². The smallest absolute Gasteiger partial charge is 0.225 e. The van der Waals surface area contributed by atoms with Crippen molar-refractivity contribution in [1.29, 1.82) is 0 Å². The molecule has 0 aromatic rings. The van der Waals surface area contributed by atoms with E-state index in [2.05, 4.69) is 24.5 Å². The highest BCUT2D eigenvalue weighted by Gasteiger charge is 2.29. The van der Waals surface area contributed by atoms with E-state index in [1.807, 2.05) is 13.8 Å². The third-order valence-electron chi connectivity index (χ3n) is 3.56. The lowest BCUT2D eigenvalue weighted by atomic mass is 9.84. The van der Waals surface area contributed by atoms with Crippen molar-refractivity contribution in [3.8, 4) is 0 Å². The number of piperidine rings is 2. The Morgan fingerprint density at radius 2 is 1.67 bits per heavy atom. The molecule has 2 heterocycles. The van der Waals surface area contributed by atoms with Gasteiger partial charge in [-0.2, -0.15) is 0 Å². The fraction of sp³-hybridized carbons (Fsp3) is 0.857. The molecule has 2 aliphatic heterocycles. The van der Waals surface area contributed by atoms with E-state index in [1.165, 1.54) is 0 Å². The number of hydrogen-bond donors (Lipinski definition) is 2. The van der Waals surface area contributed by atoms with Crippen LogP contribution in [0.1, 0.15) is 59.8 Å². The minimum Gasteiger partial charge on any atom is -0.356 e. The van der Waals surface area contributed by atoms with E-state index in [0.717, 1.165) is 32.2 Å². The Kier molecular flexibility index (Phi) is 4.77. The van der Waals surface area contributed by atoms with E-state index in [-0.39, 0.29) is 22.8 Å². The molecule has 104 valence electrons. The zero-order valence-electron chi connectivity index (χ0n) is 12.1. The van der Waals surface area contributed by atoms with Crippen LogP contribution < -0.4 is 10.6 Å². The monoisotopic (exact) mass is 254 g/mol. The van der Waals surface area contributed by atoms with Crippen molar-refractivity contribution in [2.45, 2.75) is 65.3 Å². The van der Waals surface area contributed by atoms with Gasteiger partial charge in [0.2, 0.25) is 11.8 Å². The molecular weight excluding hydrogens is 228 g/mol. The highest BCUT2D eigenvalue weighted by atomic mass is 16.2. The molecule has 4 nitrogen and oxygen atoms in total. The molecule has 2 N–H and O–H groups in total. The summed E-state index contributed by atoms with van der Waals surface area (Å²) in [4.78, 5) is 21.8. The van der Waals surface area contributed by atoms with Crippen molar-refractivity contribution in [2.75, 3.05) is 6.54 Å². The Labute approximate surface area is 110 Å². The zero-order valence-corrected chi connectivity index (χ0v) is 12.1. The SMILES string of the molecule is CC1(C)CCCC(=O)N1.CC1(C)CCCNC1=O. The maximum atomic E-state index is 11.0. The van der Waals surface area contributed by atoms with Crippen molar-refractivity contribution in [3.63, 3.8) is 0 Å². The second kappa shape index (κ2) is 5.72. The van der Waals surface area contributed by atoms with Gasteiger partial charge in [0, 0.05) is 23.9 Å². The fourth-order valence-corrected chi connectivity index (χ4v) is 2.28. The van der Waals surface area contributed by atoms with E-state index >= 15 is 0 Å². The topological polar surface area (TPSA) is 58.2 Å². The van der Waals surface area contributed by atoms with Crippen LogP contribution in [0.15, 0.2) is 0 Å². The average molecular weight is 254 g/mol. The highest BCUT2D eigenvalue weighted by Crippen LogP contribution is 2.24. The minimum absolute atomic E-state index is 0.0509. The van der Waals surface area contributed by atoms with E-state index in [0.29, 0.717) is 6.42 Å². The Morgan fingerprint density at radius 3 is 2.00 bits per heavy atom. The largest absolute Gasteiger partial charge is 0.356 e. The first-order valence-corrected chi connectivity index (χ1v) is 6.82. The van der Waals surface area contributed by atoms with E-state index < -0.39 is 0 Å². The molecule has 4 heteroatoms. The summed E-state index contributed by atoms with van der Waals surface area (Å²) in [6.45, 7) is 8.96. The molecule has 2 rings (SSSR count). The molecule has 0 aromatic heterocycles. The van der Waals surface area contributed by atoms with Gasteiger partial charge in [-0.25, -0.2) is 0 Å². The summed E-state index contributed by atoms with van der Waals surface area (Å²) in [7, 11) is 0. The van der Waals surface area contributed by atoms with Crippen molar-refractivity contribution in [2.24, 2.45) is 5.41 Å². The van der Waals surface area contributed by atoms with Crippen LogP contribution in [0.5, 0.6) is 0 Å². The first-order valence-electron chi connectivity index (χ1n) is 6.82. The lowest BCUT2D eigenvalue weighted by Gasteiger charge is -2.30. The van der Waals surface area contributed by atoms with Crippen LogP contribution in [0.4, 0.5) is 0 Å². The number of amides is 2. The van der Waals surface area contributed by atoms with Gasteiger partial charge in [-0.3, -0.25) is 9.59 Å². The normalized spacial score (nSPS) is 25.3. The average Bonchev–Trinajstić information content (AvgIpc) is 2.21. The van der Waals surface area contributed by atoms with Crippen molar-refractivity contribution in [1.82, 2.24) is 10.6 Å². The standard InChI is InChI=1S/2C7H13NO/c1-7(2)4-3-5-8-6(7)9;1-7(2)5-3-4-6(9)8-7/h2*3-5H2,1-2H3,(H,8,9). The molecule has 0 radical (unpaired) electrons. The van der Waals surface area contributed by atoms with Crippen LogP contribution >= 0.6 is 0 Å². The summed E-state index contributed by atoms with van der Waals surface area (Å²) in [5, 5.41) is 5.75. The van der Waals surface area contributed by atoms with Crippen LogP contribution in [-0.4, -0.2) is 23.9 Å². The first kappa shape index (κ1) is 15.0. The Morgan fingerprint density at radius 1 is 1.00 bits per heavy atom. The summed E-state index contributed by atoms with van der Waals surface area (Å²) in [6.07, 6.45) is 5.01. The molecule has 0 aliphatic carbocycles. The van der Waals surface area contributed by atoms with Crippen molar-refractivity contribution in [3.05, 3.63) is 0 Å². The number of nitrogens with one attached hydrogen (secondary N) is 2. The lowest BCUT2D eigenvalue weighted by Crippen LogP contribution is -2.46. The predicted octanol–water partition coefficient (Wildman–Crippen LogP) is 1.99. The van der Waals surface area contributed by atoms with Gasteiger partial charge < -0.3 is 10.6 Å². The lowest BCUT2D eigenvalue weighted by molar-refractivity contribution is -0.131. The van der Waals surface area contributed by atoms with Gasteiger partial charge in [-0.15, -0.1) is 0 Å². The molecule has 0 atom stereocenters. The molecule has 0 unspecified atom stereocenters. The molecule has 2 amide bonds. The Balaban J connectivity index is 0.000000180. The molecular formula is C14H26N2O2. The molecule has 0 spiro atoms. The van der Waals surface area contributed by atoms with Crippen LogP contribution in [0.25, 0.3) is 0 Å². The van der Waals surface area contributed by atoms with Crippen LogP contribution in [0, 0.1) is 5.41 Å². The second-order valence-electron chi connectivity index (χ2n) is 6.53. The van der Waals surface area contributed by atoms with Gasteiger partial charge in [-0.1, -0.05) is 13.8 Å². The molecule has 2 aliphatic rings. The summed E-state index contributed by atoms with van der Waals surface area (Å²) in [6, 6.07) is 0. The zero-order chi connectivity index (χ0) is 13.8. The molecule has 2 saturated heterocycles. The fourth-order valence-electron chi connectivity index (χ4n) is 2.28.